The summed E-state index contributed by atoms with van der Waals surface area (Å²) in [7, 11) is 0. The predicted molar refractivity (Wildman–Crippen MR) is 132 cm³/mol. The number of para-hydroxylation sites is 1. The molecule has 0 saturated carbocycles. The number of hydrogen-bond donors (Lipinski definition) is 0. The molecule has 2 atom stereocenters. The maximum absolute atomic E-state index is 12.3. The molecular formula is C26H31BrN2O5. The highest BCUT2D eigenvalue weighted by atomic mass is 79.9. The lowest BCUT2D eigenvalue weighted by Gasteiger charge is -2.36. The predicted octanol–water partition coefficient (Wildman–Crippen LogP) is 4.59. The van der Waals surface area contributed by atoms with E-state index in [1.807, 2.05) is 53.4 Å². The Morgan fingerprint density at radius 1 is 1.00 bits per heavy atom. The summed E-state index contributed by atoms with van der Waals surface area (Å²) < 4.78 is 24.2. The monoisotopic (exact) mass is 530 g/mol. The summed E-state index contributed by atoms with van der Waals surface area (Å²) in [5.41, 5.74) is 0. The highest BCUT2D eigenvalue weighted by Gasteiger charge is 2.34. The summed E-state index contributed by atoms with van der Waals surface area (Å²) in [5.74, 6) is 3.05. The Morgan fingerprint density at radius 2 is 1.82 bits per heavy atom. The SMILES string of the molecule is O=C1OC[C@@H](COc2ccccc2)N1CCC1CCN(C[C@H]2COc3ccc(Br)cc3O2)CC1. The molecule has 0 spiro atoms. The van der Waals surface area contributed by atoms with Gasteiger partial charge in [-0.3, -0.25) is 9.80 Å². The highest BCUT2D eigenvalue weighted by Crippen LogP contribution is 2.34. The van der Waals surface area contributed by atoms with Gasteiger partial charge >= 0.3 is 6.09 Å². The van der Waals surface area contributed by atoms with Crippen LogP contribution in [0, 0.1) is 5.92 Å². The zero-order valence-electron chi connectivity index (χ0n) is 19.2. The molecular weight excluding hydrogens is 500 g/mol. The van der Waals surface area contributed by atoms with E-state index in [0.717, 1.165) is 67.2 Å². The molecule has 0 radical (unpaired) electrons. The van der Waals surface area contributed by atoms with Gasteiger partial charge in [0.25, 0.3) is 0 Å². The first-order valence-corrected chi connectivity index (χ1v) is 12.9. The smallest absolute Gasteiger partial charge is 0.410 e. The summed E-state index contributed by atoms with van der Waals surface area (Å²) >= 11 is 3.50. The average Bonchev–Trinajstić information content (AvgIpc) is 3.22. The summed E-state index contributed by atoms with van der Waals surface area (Å²) in [6.07, 6.45) is 3.08. The van der Waals surface area contributed by atoms with Gasteiger partial charge in [-0.25, -0.2) is 4.79 Å². The molecule has 2 fully saturated rings. The van der Waals surface area contributed by atoms with Gasteiger partial charge in [0.2, 0.25) is 0 Å². The maximum atomic E-state index is 12.3. The van der Waals surface area contributed by atoms with Gasteiger partial charge in [-0.15, -0.1) is 0 Å². The Labute approximate surface area is 209 Å². The fourth-order valence-electron chi connectivity index (χ4n) is 4.86. The zero-order chi connectivity index (χ0) is 23.3. The van der Waals surface area contributed by atoms with E-state index in [-0.39, 0.29) is 18.2 Å². The van der Waals surface area contributed by atoms with Crippen molar-refractivity contribution in [1.82, 2.24) is 9.80 Å². The minimum Gasteiger partial charge on any atom is -0.491 e. The number of hydrogen-bond acceptors (Lipinski definition) is 6. The summed E-state index contributed by atoms with van der Waals surface area (Å²) in [6.45, 7) is 5.11. The molecule has 2 aromatic rings. The number of fused-ring (bicyclic) bond motifs is 1. The number of carbonyl (C=O) groups is 1. The number of likely N-dealkylation sites (tertiary alicyclic amines) is 1. The van der Waals surface area contributed by atoms with Crippen LogP contribution < -0.4 is 14.2 Å². The molecule has 3 aliphatic heterocycles. The number of halogens is 1. The van der Waals surface area contributed by atoms with Crippen LogP contribution in [0.4, 0.5) is 4.79 Å². The maximum Gasteiger partial charge on any atom is 0.410 e. The number of carbonyl (C=O) groups excluding carboxylic acids is 1. The summed E-state index contributed by atoms with van der Waals surface area (Å²) in [6, 6.07) is 15.6. The number of cyclic esters (lactones) is 1. The van der Waals surface area contributed by atoms with Crippen molar-refractivity contribution in [3.05, 3.63) is 53.0 Å². The van der Waals surface area contributed by atoms with Crippen molar-refractivity contribution in [1.29, 1.82) is 0 Å². The number of benzene rings is 2. The van der Waals surface area contributed by atoms with Crippen molar-refractivity contribution in [2.45, 2.75) is 31.4 Å². The second-order valence-corrected chi connectivity index (χ2v) is 10.1. The standard InChI is InChI=1S/C26H31BrN2O5/c27-20-6-7-24-25(14-20)34-23(18-32-24)15-28-11-8-19(9-12-28)10-13-29-21(17-33-26(29)30)16-31-22-4-2-1-3-5-22/h1-7,14,19,21,23H,8-13,15-18H2/t21-,23+/m1/s1. The first-order chi connectivity index (χ1) is 16.6. The molecule has 5 rings (SSSR count). The molecule has 2 aromatic carbocycles. The van der Waals surface area contributed by atoms with Crippen molar-refractivity contribution in [3.63, 3.8) is 0 Å². The van der Waals surface area contributed by atoms with Crippen molar-refractivity contribution in [2.75, 3.05) is 46.0 Å². The van der Waals surface area contributed by atoms with Crippen molar-refractivity contribution < 1.29 is 23.7 Å². The molecule has 3 aliphatic rings. The van der Waals surface area contributed by atoms with E-state index in [2.05, 4.69) is 20.8 Å². The number of piperidine rings is 1. The molecule has 0 aliphatic carbocycles. The molecule has 182 valence electrons. The fourth-order valence-corrected chi connectivity index (χ4v) is 5.20. The van der Waals surface area contributed by atoms with Crippen LogP contribution in [-0.4, -0.2) is 74.0 Å². The molecule has 1 amide bonds. The second kappa shape index (κ2) is 10.9. The fraction of sp³-hybridized carbons (Fsp3) is 0.500. The molecule has 0 N–H and O–H groups in total. The molecule has 0 bridgehead atoms. The largest absolute Gasteiger partial charge is 0.491 e. The van der Waals surface area contributed by atoms with Crippen LogP contribution in [0.5, 0.6) is 17.2 Å². The lowest BCUT2D eigenvalue weighted by Crippen LogP contribution is -2.44. The normalized spacial score (nSPS) is 23.1. The molecule has 0 unspecified atom stereocenters. The molecule has 7 nitrogen and oxygen atoms in total. The van der Waals surface area contributed by atoms with Gasteiger partial charge in [-0.1, -0.05) is 34.1 Å². The third-order valence-corrected chi connectivity index (χ3v) is 7.32. The number of rotatable bonds is 8. The van der Waals surface area contributed by atoms with Crippen LogP contribution in [0.15, 0.2) is 53.0 Å². The van der Waals surface area contributed by atoms with Gasteiger partial charge in [0.15, 0.2) is 11.5 Å². The van der Waals surface area contributed by atoms with Gasteiger partial charge < -0.3 is 18.9 Å². The Morgan fingerprint density at radius 3 is 2.65 bits per heavy atom. The van der Waals surface area contributed by atoms with E-state index >= 15 is 0 Å². The summed E-state index contributed by atoms with van der Waals surface area (Å²) in [5, 5.41) is 0. The van der Waals surface area contributed by atoms with Crippen molar-refractivity contribution >= 4 is 22.0 Å². The van der Waals surface area contributed by atoms with Crippen LogP contribution in [0.1, 0.15) is 19.3 Å². The van der Waals surface area contributed by atoms with Crippen LogP contribution in [0.2, 0.25) is 0 Å². The van der Waals surface area contributed by atoms with E-state index in [0.29, 0.717) is 25.7 Å². The van der Waals surface area contributed by atoms with Gasteiger partial charge in [0.1, 0.15) is 37.7 Å². The van der Waals surface area contributed by atoms with Gasteiger partial charge in [-0.2, -0.15) is 0 Å². The molecule has 3 heterocycles. The van der Waals surface area contributed by atoms with Gasteiger partial charge in [-0.05, 0) is 68.6 Å². The Bertz CT molecular complexity index is 967. The zero-order valence-corrected chi connectivity index (χ0v) is 20.8. The highest BCUT2D eigenvalue weighted by molar-refractivity contribution is 9.10. The van der Waals surface area contributed by atoms with E-state index < -0.39 is 0 Å². The van der Waals surface area contributed by atoms with E-state index in [1.165, 1.54) is 0 Å². The Balaban J connectivity index is 1.04. The Hall–Kier alpha value is -2.45. The van der Waals surface area contributed by atoms with Gasteiger partial charge in [0, 0.05) is 17.6 Å². The minimum absolute atomic E-state index is 0.0286. The molecule has 2 saturated heterocycles. The number of nitrogens with zero attached hydrogens (tertiary/aromatic N) is 2. The summed E-state index contributed by atoms with van der Waals surface area (Å²) in [4.78, 5) is 16.6. The van der Waals surface area contributed by atoms with Crippen molar-refractivity contribution in [2.24, 2.45) is 5.92 Å². The number of amides is 1. The third-order valence-electron chi connectivity index (χ3n) is 6.83. The number of ether oxygens (including phenoxy) is 4. The molecule has 0 aromatic heterocycles. The van der Waals surface area contributed by atoms with E-state index in [4.69, 9.17) is 18.9 Å². The lowest BCUT2D eigenvalue weighted by atomic mass is 9.93. The van der Waals surface area contributed by atoms with Crippen LogP contribution >= 0.6 is 15.9 Å². The van der Waals surface area contributed by atoms with Crippen LogP contribution in [0.25, 0.3) is 0 Å². The quantitative estimate of drug-likeness (QED) is 0.497. The minimum atomic E-state index is -0.222. The van der Waals surface area contributed by atoms with Gasteiger partial charge in [0.05, 0.1) is 0 Å². The van der Waals surface area contributed by atoms with Crippen molar-refractivity contribution in [3.8, 4) is 17.2 Å². The van der Waals surface area contributed by atoms with E-state index in [9.17, 15) is 4.79 Å². The third kappa shape index (κ3) is 5.78. The van der Waals surface area contributed by atoms with Crippen LogP contribution in [-0.2, 0) is 4.74 Å². The molecule has 34 heavy (non-hydrogen) atoms. The first-order valence-electron chi connectivity index (χ1n) is 12.1. The average molecular weight is 531 g/mol. The first kappa shape index (κ1) is 23.3. The lowest BCUT2D eigenvalue weighted by molar-refractivity contribution is 0.0464. The Kier molecular flexibility index (Phi) is 7.45. The molecule has 8 heteroatoms. The topological polar surface area (TPSA) is 60.5 Å². The second-order valence-electron chi connectivity index (χ2n) is 9.22. The van der Waals surface area contributed by atoms with Crippen LogP contribution in [0.3, 0.4) is 0 Å². The van der Waals surface area contributed by atoms with E-state index in [1.54, 1.807) is 0 Å².